The largest absolute Gasteiger partial charge is 0.486 e. The molecule has 2 aromatic rings. The molecule has 1 atom stereocenters. The lowest BCUT2D eigenvalue weighted by Gasteiger charge is -2.12. The third-order valence-corrected chi connectivity index (χ3v) is 3.86. The molecule has 4 nitrogen and oxygen atoms in total. The number of para-hydroxylation sites is 1. The van der Waals surface area contributed by atoms with Gasteiger partial charge < -0.3 is 18.9 Å². The van der Waals surface area contributed by atoms with Crippen molar-refractivity contribution in [3.05, 3.63) is 66.6 Å². The molecule has 1 unspecified atom stereocenters. The molecule has 1 heterocycles. The van der Waals surface area contributed by atoms with Gasteiger partial charge in [0.2, 0.25) is 6.29 Å². The number of ether oxygens (including phenoxy) is 4. The molecule has 1 aliphatic heterocycles. The van der Waals surface area contributed by atoms with Crippen LogP contribution in [0.2, 0.25) is 0 Å². The van der Waals surface area contributed by atoms with Gasteiger partial charge in [-0.15, -0.1) is 0 Å². The summed E-state index contributed by atoms with van der Waals surface area (Å²) in [6.07, 6.45) is 5.92. The molecule has 0 fully saturated rings. The maximum absolute atomic E-state index is 5.76. The van der Waals surface area contributed by atoms with Crippen LogP contribution < -0.4 is 9.47 Å². The molecule has 1 aliphatic rings. The van der Waals surface area contributed by atoms with Gasteiger partial charge in [0.25, 0.3) is 0 Å². The highest BCUT2D eigenvalue weighted by molar-refractivity contribution is 5.35. The fraction of sp³-hybridized carbons (Fsp3) is 0.333. The van der Waals surface area contributed by atoms with E-state index in [-0.39, 0.29) is 6.29 Å². The Morgan fingerprint density at radius 1 is 0.880 bits per heavy atom. The Balaban J connectivity index is 1.42. The normalized spacial score (nSPS) is 15.9. The predicted octanol–water partition coefficient (Wildman–Crippen LogP) is 5.65. The molecule has 25 heavy (non-hydrogen) atoms. The van der Waals surface area contributed by atoms with Crippen molar-refractivity contribution in [3.8, 4) is 17.2 Å². The van der Waals surface area contributed by atoms with E-state index in [2.05, 4.69) is 6.92 Å². The van der Waals surface area contributed by atoms with Gasteiger partial charge in [-0.3, -0.25) is 0 Å². The molecular formula is C21H24O4. The zero-order chi connectivity index (χ0) is 17.3. The second kappa shape index (κ2) is 9.02. The van der Waals surface area contributed by atoms with Crippen molar-refractivity contribution < 1.29 is 18.9 Å². The van der Waals surface area contributed by atoms with E-state index in [1.165, 1.54) is 12.8 Å². The molecule has 132 valence electrons. The number of hydrogen-bond donors (Lipinski definition) is 0. The van der Waals surface area contributed by atoms with Crippen molar-refractivity contribution in [1.82, 2.24) is 0 Å². The van der Waals surface area contributed by atoms with Crippen LogP contribution in [0.25, 0.3) is 0 Å². The van der Waals surface area contributed by atoms with Crippen LogP contribution in [0, 0.1) is 0 Å². The van der Waals surface area contributed by atoms with Gasteiger partial charge in [0.15, 0.2) is 5.76 Å². The lowest BCUT2D eigenvalue weighted by atomic mass is 10.2. The predicted molar refractivity (Wildman–Crippen MR) is 96.6 cm³/mol. The molecule has 3 rings (SSSR count). The first kappa shape index (κ1) is 17.2. The maximum Gasteiger partial charge on any atom is 0.240 e. The molecule has 0 N–H and O–H groups in total. The van der Waals surface area contributed by atoms with E-state index in [4.69, 9.17) is 18.9 Å². The van der Waals surface area contributed by atoms with Crippen LogP contribution in [0.5, 0.6) is 17.2 Å². The summed E-state index contributed by atoms with van der Waals surface area (Å²) in [5, 5.41) is 0. The molecule has 0 saturated carbocycles. The second-order valence-corrected chi connectivity index (χ2v) is 5.94. The monoisotopic (exact) mass is 340 g/mol. The molecule has 4 heteroatoms. The minimum Gasteiger partial charge on any atom is -0.486 e. The third kappa shape index (κ3) is 5.45. The standard InChI is InChI=1S/C21H24O4/c1-2-3-5-10-21-23-16-20(25-21)15-22-17-11-13-19(14-12-17)24-18-8-6-4-7-9-18/h4,6-9,11-14,16,21H,2-3,5,10,15H2,1H3. The van der Waals surface area contributed by atoms with E-state index in [9.17, 15) is 0 Å². The van der Waals surface area contributed by atoms with E-state index in [0.29, 0.717) is 6.61 Å². The molecule has 0 bridgehead atoms. The molecule has 0 radical (unpaired) electrons. The van der Waals surface area contributed by atoms with Gasteiger partial charge >= 0.3 is 0 Å². The van der Waals surface area contributed by atoms with Crippen LogP contribution in [0.4, 0.5) is 0 Å². The van der Waals surface area contributed by atoms with Gasteiger partial charge in [-0.2, -0.15) is 0 Å². The minimum atomic E-state index is -0.160. The molecule has 0 spiro atoms. The topological polar surface area (TPSA) is 36.9 Å². The van der Waals surface area contributed by atoms with E-state index in [0.717, 1.165) is 35.8 Å². The van der Waals surface area contributed by atoms with E-state index < -0.39 is 0 Å². The fourth-order valence-electron chi connectivity index (χ4n) is 2.52. The average molecular weight is 340 g/mol. The number of hydrogen-bond acceptors (Lipinski definition) is 4. The quantitative estimate of drug-likeness (QED) is 0.553. The van der Waals surface area contributed by atoms with Crippen LogP contribution >= 0.6 is 0 Å². The summed E-state index contributed by atoms with van der Waals surface area (Å²) in [5.41, 5.74) is 0. The summed E-state index contributed by atoms with van der Waals surface area (Å²) in [5.74, 6) is 3.08. The van der Waals surface area contributed by atoms with Crippen molar-refractivity contribution >= 4 is 0 Å². The Bertz CT molecular complexity index is 664. The van der Waals surface area contributed by atoms with Crippen molar-refractivity contribution in [1.29, 1.82) is 0 Å². The first-order valence-electron chi connectivity index (χ1n) is 8.80. The molecular weight excluding hydrogens is 316 g/mol. The first-order valence-corrected chi connectivity index (χ1v) is 8.80. The smallest absolute Gasteiger partial charge is 0.240 e. The highest BCUT2D eigenvalue weighted by Crippen LogP contribution is 2.25. The van der Waals surface area contributed by atoms with Crippen molar-refractivity contribution in [2.75, 3.05) is 6.61 Å². The molecule has 0 aromatic heterocycles. The average Bonchev–Trinajstić information content (AvgIpc) is 3.10. The van der Waals surface area contributed by atoms with Crippen LogP contribution in [-0.4, -0.2) is 12.9 Å². The fourth-order valence-corrected chi connectivity index (χ4v) is 2.52. The second-order valence-electron chi connectivity index (χ2n) is 5.94. The summed E-state index contributed by atoms with van der Waals surface area (Å²) in [7, 11) is 0. The Kier molecular flexibility index (Phi) is 6.21. The highest BCUT2D eigenvalue weighted by Gasteiger charge is 2.19. The zero-order valence-electron chi connectivity index (χ0n) is 14.5. The molecule has 0 saturated heterocycles. The molecule has 0 amide bonds. The van der Waals surface area contributed by atoms with Gasteiger partial charge in [-0.25, -0.2) is 0 Å². The van der Waals surface area contributed by atoms with Crippen molar-refractivity contribution in [3.63, 3.8) is 0 Å². The maximum atomic E-state index is 5.76. The van der Waals surface area contributed by atoms with Crippen LogP contribution in [-0.2, 0) is 9.47 Å². The van der Waals surface area contributed by atoms with Crippen LogP contribution in [0.15, 0.2) is 66.6 Å². The number of benzene rings is 2. The van der Waals surface area contributed by atoms with Crippen molar-refractivity contribution in [2.24, 2.45) is 0 Å². The molecule has 2 aromatic carbocycles. The van der Waals surface area contributed by atoms with Crippen LogP contribution in [0.3, 0.4) is 0 Å². The van der Waals surface area contributed by atoms with E-state index >= 15 is 0 Å². The Hall–Kier alpha value is -2.62. The Morgan fingerprint density at radius 3 is 2.36 bits per heavy atom. The lowest BCUT2D eigenvalue weighted by molar-refractivity contribution is -0.0424. The first-order chi connectivity index (χ1) is 12.3. The summed E-state index contributed by atoms with van der Waals surface area (Å²) in [6, 6.07) is 17.2. The summed E-state index contributed by atoms with van der Waals surface area (Å²) >= 11 is 0. The number of rotatable bonds is 9. The number of unbranched alkanes of at least 4 members (excludes halogenated alkanes) is 2. The minimum absolute atomic E-state index is 0.160. The van der Waals surface area contributed by atoms with E-state index in [1.807, 2.05) is 54.6 Å². The molecule has 0 aliphatic carbocycles. The third-order valence-electron chi connectivity index (χ3n) is 3.86. The zero-order valence-corrected chi connectivity index (χ0v) is 14.5. The van der Waals surface area contributed by atoms with Gasteiger partial charge in [0.1, 0.15) is 30.1 Å². The SMILES string of the molecule is CCCCCC1OC=C(COc2ccc(Oc3ccccc3)cc2)O1. The lowest BCUT2D eigenvalue weighted by Crippen LogP contribution is -2.10. The summed E-state index contributed by atoms with van der Waals surface area (Å²) in [6.45, 7) is 2.55. The van der Waals surface area contributed by atoms with Crippen molar-refractivity contribution in [2.45, 2.75) is 38.9 Å². The van der Waals surface area contributed by atoms with Gasteiger partial charge in [-0.1, -0.05) is 38.0 Å². The van der Waals surface area contributed by atoms with Gasteiger partial charge in [-0.05, 0) is 42.8 Å². The summed E-state index contributed by atoms with van der Waals surface area (Å²) < 4.78 is 22.7. The summed E-state index contributed by atoms with van der Waals surface area (Å²) in [4.78, 5) is 0. The van der Waals surface area contributed by atoms with Crippen LogP contribution in [0.1, 0.15) is 32.6 Å². The van der Waals surface area contributed by atoms with Gasteiger partial charge in [0, 0.05) is 6.42 Å². The van der Waals surface area contributed by atoms with Gasteiger partial charge in [0.05, 0.1) is 0 Å². The Morgan fingerprint density at radius 2 is 1.60 bits per heavy atom. The van der Waals surface area contributed by atoms with E-state index in [1.54, 1.807) is 6.26 Å². The highest BCUT2D eigenvalue weighted by atomic mass is 16.7. The Labute approximate surface area is 149 Å².